The second-order valence-electron chi connectivity index (χ2n) is 6.27. The van der Waals surface area contributed by atoms with E-state index in [0.717, 1.165) is 24.5 Å². The smallest absolute Gasteiger partial charge is 0.338 e. The summed E-state index contributed by atoms with van der Waals surface area (Å²) in [6.45, 7) is 2.25. The second kappa shape index (κ2) is 8.82. The Morgan fingerprint density at radius 1 is 1.09 bits per heavy atom. The third kappa shape index (κ3) is 5.04. The summed E-state index contributed by atoms with van der Waals surface area (Å²) >= 11 is 0. The van der Waals surface area contributed by atoms with E-state index in [2.05, 4.69) is 6.92 Å². The van der Waals surface area contributed by atoms with Crippen molar-refractivity contribution < 1.29 is 14.3 Å². The van der Waals surface area contributed by atoms with E-state index in [1.165, 1.54) is 38.5 Å². The van der Waals surface area contributed by atoms with Crippen LogP contribution in [0.25, 0.3) is 0 Å². The lowest BCUT2D eigenvalue weighted by molar-refractivity contribution is 0.0161. The van der Waals surface area contributed by atoms with E-state index in [1.54, 1.807) is 31.4 Å². The summed E-state index contributed by atoms with van der Waals surface area (Å²) in [6.07, 6.45) is 9.83. The predicted octanol–water partition coefficient (Wildman–Crippen LogP) is 4.99. The third-order valence-corrected chi connectivity index (χ3v) is 4.61. The van der Waals surface area contributed by atoms with Crippen molar-refractivity contribution >= 4 is 5.97 Å². The minimum absolute atomic E-state index is 0.0945. The van der Waals surface area contributed by atoms with Crippen LogP contribution in [0.5, 0.6) is 5.75 Å². The zero-order valence-electron chi connectivity index (χ0n) is 13.8. The molecule has 1 fully saturated rings. The van der Waals surface area contributed by atoms with Gasteiger partial charge in [-0.05, 0) is 55.9 Å². The summed E-state index contributed by atoms with van der Waals surface area (Å²) in [5.74, 6) is 1.38. The van der Waals surface area contributed by atoms with Crippen LogP contribution in [0, 0.1) is 5.92 Å². The Kier molecular flexibility index (Phi) is 6.75. The molecule has 1 aliphatic rings. The van der Waals surface area contributed by atoms with Gasteiger partial charge in [-0.1, -0.05) is 32.6 Å². The molecular formula is C19H28O3. The molecule has 1 aromatic rings. The summed E-state index contributed by atoms with van der Waals surface area (Å²) in [7, 11) is 1.62. The number of carbonyl (C=O) groups is 1. The number of benzene rings is 1. The van der Waals surface area contributed by atoms with E-state index in [4.69, 9.17) is 9.47 Å². The first kappa shape index (κ1) is 16.9. The van der Waals surface area contributed by atoms with E-state index in [0.29, 0.717) is 5.56 Å². The molecule has 0 heterocycles. The van der Waals surface area contributed by atoms with Crippen LogP contribution in [0.3, 0.4) is 0 Å². The summed E-state index contributed by atoms with van der Waals surface area (Å²) in [4.78, 5) is 12.1. The molecule has 1 saturated carbocycles. The number of hydrogen-bond acceptors (Lipinski definition) is 3. The van der Waals surface area contributed by atoms with Gasteiger partial charge in [0.2, 0.25) is 0 Å². The molecule has 0 amide bonds. The number of methoxy groups -OCH3 is 1. The van der Waals surface area contributed by atoms with Crippen molar-refractivity contribution in [3.05, 3.63) is 29.8 Å². The van der Waals surface area contributed by atoms with E-state index >= 15 is 0 Å². The lowest BCUT2D eigenvalue weighted by Gasteiger charge is -2.28. The van der Waals surface area contributed by atoms with Crippen LogP contribution in [0.1, 0.15) is 68.6 Å². The molecule has 0 spiro atoms. The van der Waals surface area contributed by atoms with Crippen molar-refractivity contribution in [2.45, 2.75) is 64.4 Å². The zero-order valence-corrected chi connectivity index (χ0v) is 13.8. The number of ether oxygens (including phenoxy) is 2. The summed E-state index contributed by atoms with van der Waals surface area (Å²) in [6, 6.07) is 7.11. The Balaban J connectivity index is 1.74. The maximum Gasteiger partial charge on any atom is 0.338 e. The van der Waals surface area contributed by atoms with Gasteiger partial charge in [0.15, 0.2) is 0 Å². The average molecular weight is 304 g/mol. The number of hydrogen-bond donors (Lipinski definition) is 0. The van der Waals surface area contributed by atoms with Gasteiger partial charge < -0.3 is 9.47 Å². The standard InChI is InChI=1S/C19H28O3/c1-3-4-5-6-15-7-11-18(12-8-15)22-19(20)16-9-13-17(21-2)14-10-16/h9-10,13-15,18H,3-8,11-12H2,1-2H3. The summed E-state index contributed by atoms with van der Waals surface area (Å²) in [5, 5.41) is 0. The number of unbranched alkanes of at least 4 members (excludes halogenated alkanes) is 2. The van der Waals surface area contributed by atoms with E-state index in [9.17, 15) is 4.79 Å². The van der Waals surface area contributed by atoms with Crippen LogP contribution >= 0.6 is 0 Å². The predicted molar refractivity (Wildman–Crippen MR) is 88.3 cm³/mol. The van der Waals surface area contributed by atoms with Crippen LogP contribution in [-0.2, 0) is 4.74 Å². The summed E-state index contributed by atoms with van der Waals surface area (Å²) in [5.41, 5.74) is 0.603. The van der Waals surface area contributed by atoms with Crippen LogP contribution in [0.15, 0.2) is 24.3 Å². The number of rotatable bonds is 7. The maximum absolute atomic E-state index is 12.1. The van der Waals surface area contributed by atoms with Gasteiger partial charge in [0.25, 0.3) is 0 Å². The highest BCUT2D eigenvalue weighted by Crippen LogP contribution is 2.30. The fourth-order valence-corrected chi connectivity index (χ4v) is 3.17. The van der Waals surface area contributed by atoms with Crippen molar-refractivity contribution in [1.82, 2.24) is 0 Å². The van der Waals surface area contributed by atoms with Crippen LogP contribution in [0.2, 0.25) is 0 Å². The van der Waals surface area contributed by atoms with Crippen molar-refractivity contribution in [3.63, 3.8) is 0 Å². The van der Waals surface area contributed by atoms with Crippen molar-refractivity contribution in [3.8, 4) is 5.75 Å². The number of carbonyl (C=O) groups excluding carboxylic acids is 1. The summed E-state index contributed by atoms with van der Waals surface area (Å²) < 4.78 is 10.7. The van der Waals surface area contributed by atoms with Crippen molar-refractivity contribution in [2.75, 3.05) is 7.11 Å². The first-order chi connectivity index (χ1) is 10.7. The molecule has 0 bridgehead atoms. The van der Waals surface area contributed by atoms with Crippen LogP contribution in [-0.4, -0.2) is 19.2 Å². The highest BCUT2D eigenvalue weighted by atomic mass is 16.5. The molecule has 2 rings (SSSR count). The monoisotopic (exact) mass is 304 g/mol. The molecule has 0 radical (unpaired) electrons. The van der Waals surface area contributed by atoms with Crippen molar-refractivity contribution in [1.29, 1.82) is 0 Å². The molecular weight excluding hydrogens is 276 g/mol. The Morgan fingerprint density at radius 3 is 2.36 bits per heavy atom. The first-order valence-electron chi connectivity index (χ1n) is 8.58. The van der Waals surface area contributed by atoms with Crippen molar-refractivity contribution in [2.24, 2.45) is 5.92 Å². The molecule has 22 heavy (non-hydrogen) atoms. The van der Waals surface area contributed by atoms with Crippen LogP contribution in [0.4, 0.5) is 0 Å². The van der Waals surface area contributed by atoms with Gasteiger partial charge in [-0.3, -0.25) is 0 Å². The Morgan fingerprint density at radius 2 is 1.77 bits per heavy atom. The minimum atomic E-state index is -0.211. The van der Waals surface area contributed by atoms with Gasteiger partial charge in [0.05, 0.1) is 12.7 Å². The molecule has 0 N–H and O–H groups in total. The lowest BCUT2D eigenvalue weighted by Crippen LogP contribution is -2.24. The van der Waals surface area contributed by atoms with Gasteiger partial charge in [0, 0.05) is 0 Å². The molecule has 3 nitrogen and oxygen atoms in total. The molecule has 1 aromatic carbocycles. The van der Waals surface area contributed by atoms with E-state index in [1.807, 2.05) is 0 Å². The molecule has 1 aliphatic carbocycles. The molecule has 0 atom stereocenters. The minimum Gasteiger partial charge on any atom is -0.497 e. The highest BCUT2D eigenvalue weighted by molar-refractivity contribution is 5.89. The quantitative estimate of drug-likeness (QED) is 0.526. The van der Waals surface area contributed by atoms with Gasteiger partial charge >= 0.3 is 5.97 Å². The SMILES string of the molecule is CCCCCC1CCC(OC(=O)c2ccc(OC)cc2)CC1. The van der Waals surface area contributed by atoms with Gasteiger partial charge in [-0.15, -0.1) is 0 Å². The molecule has 122 valence electrons. The van der Waals surface area contributed by atoms with Gasteiger partial charge in [-0.2, -0.15) is 0 Å². The second-order valence-corrected chi connectivity index (χ2v) is 6.27. The molecule has 0 unspecified atom stereocenters. The highest BCUT2D eigenvalue weighted by Gasteiger charge is 2.24. The van der Waals surface area contributed by atoms with E-state index < -0.39 is 0 Å². The fourth-order valence-electron chi connectivity index (χ4n) is 3.17. The average Bonchev–Trinajstić information content (AvgIpc) is 2.57. The molecule has 3 heteroatoms. The topological polar surface area (TPSA) is 35.5 Å². The Hall–Kier alpha value is -1.51. The lowest BCUT2D eigenvalue weighted by atomic mass is 9.84. The maximum atomic E-state index is 12.1. The molecule has 0 aromatic heterocycles. The molecule has 0 aliphatic heterocycles. The fraction of sp³-hybridized carbons (Fsp3) is 0.632. The first-order valence-corrected chi connectivity index (χ1v) is 8.58. The zero-order chi connectivity index (χ0) is 15.8. The van der Waals surface area contributed by atoms with Gasteiger partial charge in [0.1, 0.15) is 11.9 Å². The molecule has 0 saturated heterocycles. The Labute approximate surface area is 134 Å². The van der Waals surface area contributed by atoms with Gasteiger partial charge in [-0.25, -0.2) is 4.79 Å². The Bertz CT molecular complexity index is 444. The number of esters is 1. The van der Waals surface area contributed by atoms with Crippen LogP contribution < -0.4 is 4.74 Å². The third-order valence-electron chi connectivity index (χ3n) is 4.61. The van der Waals surface area contributed by atoms with E-state index in [-0.39, 0.29) is 12.1 Å². The largest absolute Gasteiger partial charge is 0.497 e. The normalized spacial score (nSPS) is 21.4.